The molecule has 0 radical (unpaired) electrons. The molecule has 0 bridgehead atoms. The Balaban J connectivity index is 2.28. The maximum absolute atomic E-state index is 12.2. The van der Waals surface area contributed by atoms with Gasteiger partial charge in [-0.1, -0.05) is 49.4 Å². The van der Waals surface area contributed by atoms with Gasteiger partial charge < -0.3 is 11.1 Å². The molecule has 0 saturated heterocycles. The number of anilines is 1. The average Bonchev–Trinajstić information content (AvgIpc) is 2.53. The number of carbonyl (C=O) groups excluding carboxylic acids is 2. The molecule has 0 unspecified atom stereocenters. The van der Waals surface area contributed by atoms with Crippen LogP contribution >= 0.6 is 0 Å². The lowest BCUT2D eigenvalue weighted by molar-refractivity contribution is -0.120. The van der Waals surface area contributed by atoms with Gasteiger partial charge in [0, 0.05) is 5.69 Å². The molecule has 5 nitrogen and oxygen atoms in total. The number of hydrogen-bond donors (Lipinski definition) is 3. The molecule has 4 N–H and O–H groups in total. The second kappa shape index (κ2) is 7.26. The fourth-order valence-corrected chi connectivity index (χ4v) is 2.19. The van der Waals surface area contributed by atoms with E-state index in [9.17, 15) is 9.59 Å². The van der Waals surface area contributed by atoms with Crippen LogP contribution in [-0.2, 0) is 11.2 Å². The molecule has 5 heteroatoms. The summed E-state index contributed by atoms with van der Waals surface area (Å²) in [6.07, 6.45) is 0.902. The van der Waals surface area contributed by atoms with Crippen molar-refractivity contribution in [2.45, 2.75) is 19.4 Å². The van der Waals surface area contributed by atoms with Crippen molar-refractivity contribution in [1.82, 2.24) is 5.32 Å². The molecule has 0 aliphatic rings. The normalized spacial score (nSPS) is 11.5. The van der Waals surface area contributed by atoms with Crippen LogP contribution in [0.4, 0.5) is 10.5 Å². The molecule has 114 valence electrons. The van der Waals surface area contributed by atoms with E-state index in [-0.39, 0.29) is 0 Å². The number of benzene rings is 2. The maximum atomic E-state index is 12.2. The van der Waals surface area contributed by atoms with Gasteiger partial charge in [0.2, 0.25) is 0 Å². The Bertz CT molecular complexity index is 656. The summed E-state index contributed by atoms with van der Waals surface area (Å²) < 4.78 is 0. The highest BCUT2D eigenvalue weighted by atomic mass is 16.2. The Hall–Kier alpha value is -2.82. The predicted octanol–water partition coefficient (Wildman–Crippen LogP) is 2.60. The maximum Gasteiger partial charge on any atom is 0.318 e. The highest BCUT2D eigenvalue weighted by Crippen LogP contribution is 2.21. The zero-order chi connectivity index (χ0) is 15.9. The summed E-state index contributed by atoms with van der Waals surface area (Å²) in [5.74, 6) is -0.486. The number of carbonyl (C=O) groups is 2. The van der Waals surface area contributed by atoms with Crippen LogP contribution in [0.5, 0.6) is 0 Å². The first-order valence-electron chi connectivity index (χ1n) is 7.11. The molecule has 0 aromatic heterocycles. The van der Waals surface area contributed by atoms with Gasteiger partial charge in [-0.25, -0.2) is 4.79 Å². The van der Waals surface area contributed by atoms with Crippen LogP contribution < -0.4 is 16.4 Å². The molecule has 0 fully saturated rings. The highest BCUT2D eigenvalue weighted by Gasteiger charge is 2.21. The van der Waals surface area contributed by atoms with E-state index in [2.05, 4.69) is 17.6 Å². The van der Waals surface area contributed by atoms with E-state index >= 15 is 0 Å². The zero-order valence-corrected chi connectivity index (χ0v) is 12.4. The van der Waals surface area contributed by atoms with Crippen LogP contribution in [0.25, 0.3) is 0 Å². The average molecular weight is 297 g/mol. The Kier molecular flexibility index (Phi) is 5.14. The van der Waals surface area contributed by atoms with Crippen LogP contribution in [0.15, 0.2) is 54.6 Å². The number of primary amides is 1. The zero-order valence-electron chi connectivity index (χ0n) is 12.4. The van der Waals surface area contributed by atoms with Gasteiger partial charge in [0.15, 0.2) is 0 Å². The van der Waals surface area contributed by atoms with Crippen LogP contribution in [-0.4, -0.2) is 11.9 Å². The van der Waals surface area contributed by atoms with Gasteiger partial charge in [0.1, 0.15) is 6.04 Å². The first-order valence-corrected chi connectivity index (χ1v) is 7.11. The van der Waals surface area contributed by atoms with Gasteiger partial charge in [-0.15, -0.1) is 0 Å². The predicted molar refractivity (Wildman–Crippen MR) is 86.4 cm³/mol. The molecule has 1 atom stereocenters. The lowest BCUT2D eigenvalue weighted by Crippen LogP contribution is -2.40. The summed E-state index contributed by atoms with van der Waals surface area (Å²) in [6, 6.07) is 15.4. The largest absolute Gasteiger partial charge is 0.370 e. The number of rotatable bonds is 5. The van der Waals surface area contributed by atoms with Crippen molar-refractivity contribution in [3.63, 3.8) is 0 Å². The van der Waals surface area contributed by atoms with Gasteiger partial charge in [0.25, 0.3) is 5.91 Å². The number of aryl methyl sites for hydroxylation is 1. The molecule has 2 aromatic rings. The van der Waals surface area contributed by atoms with Gasteiger partial charge in [-0.05, 0) is 29.7 Å². The Morgan fingerprint density at radius 1 is 1.09 bits per heavy atom. The first kappa shape index (κ1) is 15.6. The third kappa shape index (κ3) is 4.09. The number of urea groups is 1. The lowest BCUT2D eigenvalue weighted by atomic mass is 10.1. The number of hydrogen-bond acceptors (Lipinski definition) is 3. The van der Waals surface area contributed by atoms with Gasteiger partial charge in [-0.3, -0.25) is 10.1 Å². The monoisotopic (exact) mass is 297 g/mol. The standard InChI is InChI=1S/C17H19N3O2/c1-2-12-7-6-10-14(11-12)19-15(16(21)20-17(18)22)13-8-4-3-5-9-13/h3-11,15,19H,2H2,1H3,(H3,18,20,21,22)/t15-/m0/s1. The van der Waals surface area contributed by atoms with Crippen LogP contribution in [0, 0.1) is 0 Å². The lowest BCUT2D eigenvalue weighted by Gasteiger charge is -2.19. The van der Waals surface area contributed by atoms with E-state index < -0.39 is 18.0 Å². The summed E-state index contributed by atoms with van der Waals surface area (Å²) >= 11 is 0. The smallest absolute Gasteiger partial charge is 0.318 e. The second-order valence-electron chi connectivity index (χ2n) is 4.90. The van der Waals surface area contributed by atoms with Crippen molar-refractivity contribution >= 4 is 17.6 Å². The molecule has 0 heterocycles. The molecule has 2 aromatic carbocycles. The number of imide groups is 1. The molecule has 0 saturated carbocycles. The van der Waals surface area contributed by atoms with Gasteiger partial charge >= 0.3 is 6.03 Å². The summed E-state index contributed by atoms with van der Waals surface area (Å²) in [4.78, 5) is 23.2. The molecular weight excluding hydrogens is 278 g/mol. The van der Waals surface area contributed by atoms with Gasteiger partial charge in [0.05, 0.1) is 0 Å². The minimum atomic E-state index is -0.866. The number of nitrogens with two attached hydrogens (primary N) is 1. The van der Waals surface area contributed by atoms with Crippen molar-refractivity contribution in [3.8, 4) is 0 Å². The quantitative estimate of drug-likeness (QED) is 0.793. The van der Waals surface area contributed by atoms with E-state index in [0.717, 1.165) is 23.2 Å². The van der Waals surface area contributed by atoms with E-state index in [4.69, 9.17) is 5.73 Å². The molecular formula is C17H19N3O2. The summed E-state index contributed by atoms with van der Waals surface area (Å²) in [7, 11) is 0. The minimum Gasteiger partial charge on any atom is -0.370 e. The molecule has 2 rings (SSSR count). The molecule has 3 amide bonds. The van der Waals surface area contributed by atoms with Crippen LogP contribution in [0.3, 0.4) is 0 Å². The van der Waals surface area contributed by atoms with E-state index in [1.807, 2.05) is 54.6 Å². The molecule has 22 heavy (non-hydrogen) atoms. The van der Waals surface area contributed by atoms with Crippen LogP contribution in [0.1, 0.15) is 24.1 Å². The number of amides is 3. The van der Waals surface area contributed by atoms with E-state index in [0.29, 0.717) is 0 Å². The number of nitrogens with one attached hydrogen (secondary N) is 2. The van der Waals surface area contributed by atoms with Crippen molar-refractivity contribution in [1.29, 1.82) is 0 Å². The Morgan fingerprint density at radius 3 is 2.45 bits per heavy atom. The highest BCUT2D eigenvalue weighted by molar-refractivity contribution is 5.98. The minimum absolute atomic E-state index is 0.486. The second-order valence-corrected chi connectivity index (χ2v) is 4.90. The van der Waals surface area contributed by atoms with Gasteiger partial charge in [-0.2, -0.15) is 0 Å². The van der Waals surface area contributed by atoms with E-state index in [1.165, 1.54) is 0 Å². The molecule has 0 aliphatic carbocycles. The van der Waals surface area contributed by atoms with Crippen molar-refractivity contribution in [2.24, 2.45) is 5.73 Å². The Morgan fingerprint density at radius 2 is 1.82 bits per heavy atom. The fraction of sp³-hybridized carbons (Fsp3) is 0.176. The topological polar surface area (TPSA) is 84.2 Å². The third-order valence-electron chi connectivity index (χ3n) is 3.29. The molecule has 0 spiro atoms. The third-order valence-corrected chi connectivity index (χ3v) is 3.29. The summed E-state index contributed by atoms with van der Waals surface area (Å²) in [6.45, 7) is 2.06. The fourth-order valence-electron chi connectivity index (χ4n) is 2.19. The van der Waals surface area contributed by atoms with Crippen molar-refractivity contribution in [2.75, 3.05) is 5.32 Å². The van der Waals surface area contributed by atoms with Crippen molar-refractivity contribution in [3.05, 3.63) is 65.7 Å². The van der Waals surface area contributed by atoms with Crippen molar-refractivity contribution < 1.29 is 9.59 Å². The summed E-state index contributed by atoms with van der Waals surface area (Å²) in [5.41, 5.74) is 7.77. The first-order chi connectivity index (χ1) is 10.6. The summed E-state index contributed by atoms with van der Waals surface area (Å²) in [5, 5.41) is 5.28. The molecule has 0 aliphatic heterocycles. The SMILES string of the molecule is CCc1cccc(N[C@H](C(=O)NC(N)=O)c2ccccc2)c1. The Labute approximate surface area is 129 Å². The van der Waals surface area contributed by atoms with E-state index in [1.54, 1.807) is 0 Å². The van der Waals surface area contributed by atoms with Crippen LogP contribution in [0.2, 0.25) is 0 Å².